The van der Waals surface area contributed by atoms with Crippen molar-refractivity contribution >= 4 is 84.1 Å². The summed E-state index contributed by atoms with van der Waals surface area (Å²) < 4.78 is 0. The molecule has 0 saturated heterocycles. The second kappa shape index (κ2) is 1500. The fourth-order valence-corrected chi connectivity index (χ4v) is 0. The minimum atomic E-state index is 0. The summed E-state index contributed by atoms with van der Waals surface area (Å²) in [6.45, 7) is 12.2. The van der Waals surface area contributed by atoms with Crippen LogP contribution < -0.4 is 0 Å². The molecule has 30 radical (unpaired) electrons. The largest absolute Gasteiger partial charge is 0.0683 e. The van der Waals surface area contributed by atoms with Crippen molar-refractivity contribution < 1.29 is 0 Å². The van der Waals surface area contributed by atoms with Crippen molar-refractivity contribution in [1.82, 2.24) is 0 Å². The lowest BCUT2D eigenvalue weighted by atomic mass is 10.6. The zero-order valence-electron chi connectivity index (χ0n) is 12.5. The SMILES string of the molecule is CC.CC.CCC.[B].[B].[B].[B].[B].[B].[B].[B].[B].[B]. The first-order valence-electron chi connectivity index (χ1n) is 3.41. The Bertz CT molecular complexity index is 16.6. The number of hydrogen-bond donors (Lipinski definition) is 0. The molecule has 0 fully saturated rings. The van der Waals surface area contributed by atoms with Crippen molar-refractivity contribution in [3.05, 3.63) is 0 Å². The normalized spacial score (nSPS) is 1.76. The van der Waals surface area contributed by atoms with E-state index in [-0.39, 0.29) is 84.1 Å². The highest BCUT2D eigenvalue weighted by Gasteiger charge is 1.35. The molecule has 0 N–H and O–H groups in total. The fraction of sp³-hybridized carbons (Fsp3) is 1.00. The molecule has 0 rings (SSSR count). The van der Waals surface area contributed by atoms with E-state index >= 15 is 0 Å². The zero-order valence-corrected chi connectivity index (χ0v) is 12.5. The zero-order chi connectivity index (χ0) is 6.71. The highest BCUT2D eigenvalue weighted by Crippen LogP contribution is 1.56. The van der Waals surface area contributed by atoms with E-state index in [1.165, 1.54) is 6.42 Å². The van der Waals surface area contributed by atoms with Crippen LogP contribution in [0.2, 0.25) is 0 Å². The van der Waals surface area contributed by atoms with Crippen molar-refractivity contribution in [1.29, 1.82) is 0 Å². The van der Waals surface area contributed by atoms with Crippen molar-refractivity contribution in [2.24, 2.45) is 0 Å². The third-order valence-electron chi connectivity index (χ3n) is 0. The van der Waals surface area contributed by atoms with Crippen LogP contribution in [-0.4, -0.2) is 84.1 Å². The molecule has 0 atom stereocenters. The molecule has 0 bridgehead atoms. The van der Waals surface area contributed by atoms with Gasteiger partial charge in [0.15, 0.2) is 0 Å². The third-order valence-corrected chi connectivity index (χ3v) is 0. The third kappa shape index (κ3) is 8470. The van der Waals surface area contributed by atoms with Gasteiger partial charge < -0.3 is 0 Å². The molecule has 78 valence electrons. The maximum atomic E-state index is 2.12. The molecule has 0 spiro atoms. The van der Waals surface area contributed by atoms with Gasteiger partial charge in [0.05, 0.1) is 0 Å². The molecule has 0 aliphatic heterocycles. The number of hydrogen-bond acceptors (Lipinski definition) is 0. The summed E-state index contributed by atoms with van der Waals surface area (Å²) in [7, 11) is 0. The summed E-state index contributed by atoms with van der Waals surface area (Å²) >= 11 is 0. The standard InChI is InChI=1S/C3H8.2C2H6.10B/c1-3-2;2*1-2;;;;;;;;;;/h3H2,1-2H3;2*1-2H3;;;;;;;;;;. The average Bonchev–Trinajstić information content (AvgIpc) is 1.78. The highest BCUT2D eigenvalue weighted by molar-refractivity contribution is 5.76. The van der Waals surface area contributed by atoms with Gasteiger partial charge in [-0.05, 0) is 0 Å². The Hall–Kier alpha value is 0.649. The monoisotopic (exact) mass is 214 g/mol. The summed E-state index contributed by atoms with van der Waals surface area (Å²) in [5.41, 5.74) is 0. The molecule has 17 heavy (non-hydrogen) atoms. The predicted octanol–water partition coefficient (Wildman–Crippen LogP) is -0.339. The van der Waals surface area contributed by atoms with Gasteiger partial charge in [0.2, 0.25) is 0 Å². The van der Waals surface area contributed by atoms with Gasteiger partial charge in [-0.1, -0.05) is 48.0 Å². The first-order valence-corrected chi connectivity index (χ1v) is 3.41. The Kier molecular flexibility index (Phi) is 20000. The quantitative estimate of drug-likeness (QED) is 0.482. The maximum Gasteiger partial charge on any atom is 0 e. The van der Waals surface area contributed by atoms with E-state index in [0.29, 0.717) is 0 Å². The van der Waals surface area contributed by atoms with Gasteiger partial charge in [0, 0.05) is 84.1 Å². The van der Waals surface area contributed by atoms with Crippen LogP contribution in [0.1, 0.15) is 48.0 Å². The molecular weight excluding hydrogens is 192 g/mol. The van der Waals surface area contributed by atoms with Crippen molar-refractivity contribution in [3.8, 4) is 0 Å². The minimum Gasteiger partial charge on any atom is -0.0683 e. The molecule has 0 aliphatic carbocycles. The van der Waals surface area contributed by atoms with Gasteiger partial charge >= 0.3 is 0 Å². The van der Waals surface area contributed by atoms with Gasteiger partial charge in [-0.2, -0.15) is 0 Å². The lowest BCUT2D eigenvalue weighted by molar-refractivity contribution is 1.09. The molecule has 0 aromatic heterocycles. The Balaban J connectivity index is -0.00000000100. The van der Waals surface area contributed by atoms with Crippen LogP contribution in [0.3, 0.4) is 0 Å². The molecule has 0 heterocycles. The molecule has 10 heteroatoms. The van der Waals surface area contributed by atoms with E-state index in [1.54, 1.807) is 0 Å². The summed E-state index contributed by atoms with van der Waals surface area (Å²) in [6, 6.07) is 0. The second-order valence-corrected chi connectivity index (χ2v) is 0.707. The van der Waals surface area contributed by atoms with Gasteiger partial charge in [-0.3, -0.25) is 0 Å². The Morgan fingerprint density at radius 1 is 0.353 bits per heavy atom. The first kappa shape index (κ1) is 226. The molecule has 0 amide bonds. The fourth-order valence-electron chi connectivity index (χ4n) is 0. The lowest BCUT2D eigenvalue weighted by Crippen LogP contribution is -1.27. The topological polar surface area (TPSA) is 0 Å². The van der Waals surface area contributed by atoms with Crippen molar-refractivity contribution in [3.63, 3.8) is 0 Å². The van der Waals surface area contributed by atoms with Crippen LogP contribution in [0, 0.1) is 0 Å². The van der Waals surface area contributed by atoms with Crippen LogP contribution in [-0.2, 0) is 0 Å². The molecule has 0 unspecified atom stereocenters. The predicted molar refractivity (Wildman–Crippen MR) is 96.2 cm³/mol. The van der Waals surface area contributed by atoms with Gasteiger partial charge in [-0.15, -0.1) is 0 Å². The van der Waals surface area contributed by atoms with E-state index in [4.69, 9.17) is 0 Å². The van der Waals surface area contributed by atoms with Crippen LogP contribution in [0.25, 0.3) is 0 Å². The summed E-state index contributed by atoms with van der Waals surface area (Å²) in [6.07, 6.45) is 1.25. The van der Waals surface area contributed by atoms with Crippen LogP contribution in [0.4, 0.5) is 0 Å². The molecule has 0 saturated carbocycles. The minimum absolute atomic E-state index is 0. The van der Waals surface area contributed by atoms with E-state index in [9.17, 15) is 0 Å². The molecular formula is C7H20B10. The summed E-state index contributed by atoms with van der Waals surface area (Å²) in [5.74, 6) is 0. The molecule has 0 nitrogen and oxygen atoms in total. The van der Waals surface area contributed by atoms with E-state index in [0.717, 1.165) is 0 Å². The van der Waals surface area contributed by atoms with Crippen LogP contribution in [0.5, 0.6) is 0 Å². The van der Waals surface area contributed by atoms with Crippen molar-refractivity contribution in [2.45, 2.75) is 48.0 Å². The smallest absolute Gasteiger partial charge is 0 e. The maximum absolute atomic E-state index is 2.12. The summed E-state index contributed by atoms with van der Waals surface area (Å²) in [4.78, 5) is 0. The van der Waals surface area contributed by atoms with E-state index < -0.39 is 0 Å². The Labute approximate surface area is 132 Å². The van der Waals surface area contributed by atoms with Crippen molar-refractivity contribution in [2.75, 3.05) is 0 Å². The molecule has 0 aromatic carbocycles. The second-order valence-electron chi connectivity index (χ2n) is 0.707. The summed E-state index contributed by atoms with van der Waals surface area (Å²) in [5, 5.41) is 0. The Morgan fingerprint density at radius 2 is 0.353 bits per heavy atom. The van der Waals surface area contributed by atoms with Gasteiger partial charge in [-0.25, -0.2) is 0 Å². The van der Waals surface area contributed by atoms with Gasteiger partial charge in [0.1, 0.15) is 0 Å². The average molecular weight is 212 g/mol. The van der Waals surface area contributed by atoms with E-state index in [2.05, 4.69) is 13.8 Å². The first-order chi connectivity index (χ1) is 3.41. The van der Waals surface area contributed by atoms with Crippen LogP contribution >= 0.6 is 0 Å². The Morgan fingerprint density at radius 3 is 0.353 bits per heavy atom. The van der Waals surface area contributed by atoms with Crippen LogP contribution in [0.15, 0.2) is 0 Å². The lowest BCUT2D eigenvalue weighted by Gasteiger charge is -1.48. The molecule has 0 aromatic rings. The number of rotatable bonds is 0. The van der Waals surface area contributed by atoms with E-state index in [1.807, 2.05) is 27.7 Å². The highest BCUT2D eigenvalue weighted by atomic mass is 13.4. The molecule has 0 aliphatic rings. The van der Waals surface area contributed by atoms with Gasteiger partial charge in [0.25, 0.3) is 0 Å².